The summed E-state index contributed by atoms with van der Waals surface area (Å²) in [7, 11) is 0. The summed E-state index contributed by atoms with van der Waals surface area (Å²) in [6, 6.07) is 19.9. The number of nitrogens with one attached hydrogen (secondary N) is 2. The minimum atomic E-state index is -0.151. The topological polar surface area (TPSA) is 57.8 Å². The molecule has 2 aromatic heterocycles. The van der Waals surface area contributed by atoms with Crippen LogP contribution in [0.2, 0.25) is 0 Å². The number of carbonyl (C=O) groups excluding carboxylic acids is 1. The zero-order valence-electron chi connectivity index (χ0n) is 13.3. The highest BCUT2D eigenvalue weighted by molar-refractivity contribution is 6.13. The molecule has 0 spiro atoms. The van der Waals surface area contributed by atoms with Gasteiger partial charge >= 0.3 is 0 Å². The van der Waals surface area contributed by atoms with Crippen molar-refractivity contribution in [3.8, 4) is 11.3 Å². The monoisotopic (exact) mass is 315 g/mol. The van der Waals surface area contributed by atoms with E-state index in [2.05, 4.69) is 21.4 Å². The first-order valence-electron chi connectivity index (χ1n) is 8.03. The van der Waals surface area contributed by atoms with E-state index in [4.69, 9.17) is 0 Å². The molecule has 0 bridgehead atoms. The summed E-state index contributed by atoms with van der Waals surface area (Å²) in [6.07, 6.45) is 0. The molecule has 118 valence electrons. The molecular formula is C20H17N3O. The molecular weight excluding hydrogens is 298 g/mol. The van der Waals surface area contributed by atoms with Crippen LogP contribution in [0.15, 0.2) is 60.7 Å². The highest BCUT2D eigenvalue weighted by atomic mass is 16.1. The Morgan fingerprint density at radius 1 is 1.04 bits per heavy atom. The molecule has 2 heterocycles. The third kappa shape index (κ3) is 2.33. The normalized spacial score (nSPS) is 11.0. The molecule has 2 N–H and O–H groups in total. The number of pyridine rings is 1. The fourth-order valence-electron chi connectivity index (χ4n) is 3.02. The summed E-state index contributed by atoms with van der Waals surface area (Å²) >= 11 is 0. The molecule has 0 unspecified atom stereocenters. The van der Waals surface area contributed by atoms with Gasteiger partial charge in [0.05, 0.1) is 11.2 Å². The van der Waals surface area contributed by atoms with Crippen molar-refractivity contribution < 1.29 is 4.79 Å². The number of fused-ring (bicyclic) bond motifs is 3. The lowest BCUT2D eigenvalue weighted by molar-refractivity contribution is 0.0951. The number of benzene rings is 2. The molecule has 0 saturated carbocycles. The minimum Gasteiger partial charge on any atom is -0.353 e. The van der Waals surface area contributed by atoms with Crippen LogP contribution in [0.1, 0.15) is 17.4 Å². The van der Waals surface area contributed by atoms with Gasteiger partial charge < -0.3 is 10.3 Å². The average Bonchev–Trinajstić information content (AvgIpc) is 3.00. The van der Waals surface area contributed by atoms with Crippen molar-refractivity contribution in [2.45, 2.75) is 6.92 Å². The van der Waals surface area contributed by atoms with Gasteiger partial charge in [0, 0.05) is 28.4 Å². The van der Waals surface area contributed by atoms with E-state index in [0.717, 1.165) is 33.1 Å². The standard InChI is InChI=1S/C20H17N3O/c1-2-21-20(24)17-12-15-14-10-6-7-11-16(14)22-19(15)18(23-17)13-8-4-3-5-9-13/h3-12,22H,2H2,1H3,(H,21,24). The maximum absolute atomic E-state index is 12.3. The molecule has 0 saturated heterocycles. The van der Waals surface area contributed by atoms with E-state index in [1.807, 2.05) is 61.5 Å². The van der Waals surface area contributed by atoms with Gasteiger partial charge in [-0.2, -0.15) is 0 Å². The van der Waals surface area contributed by atoms with Gasteiger partial charge in [0.15, 0.2) is 0 Å². The van der Waals surface area contributed by atoms with E-state index in [-0.39, 0.29) is 5.91 Å². The van der Waals surface area contributed by atoms with Crippen molar-refractivity contribution in [1.29, 1.82) is 0 Å². The number of nitrogens with zero attached hydrogens (tertiary/aromatic N) is 1. The first-order chi connectivity index (χ1) is 11.8. The molecule has 0 radical (unpaired) electrons. The summed E-state index contributed by atoms with van der Waals surface area (Å²) in [5, 5.41) is 4.94. The van der Waals surface area contributed by atoms with Crippen LogP contribution in [0.4, 0.5) is 0 Å². The number of rotatable bonds is 3. The Bertz CT molecular complexity index is 1030. The van der Waals surface area contributed by atoms with Gasteiger partial charge in [0.2, 0.25) is 0 Å². The van der Waals surface area contributed by atoms with E-state index < -0.39 is 0 Å². The summed E-state index contributed by atoms with van der Waals surface area (Å²) in [5.74, 6) is -0.151. The van der Waals surface area contributed by atoms with E-state index in [1.165, 1.54) is 0 Å². The second kappa shape index (κ2) is 5.81. The third-order valence-electron chi connectivity index (χ3n) is 4.11. The van der Waals surface area contributed by atoms with Crippen LogP contribution in [0.5, 0.6) is 0 Å². The molecule has 0 fully saturated rings. The fraction of sp³-hybridized carbons (Fsp3) is 0.100. The van der Waals surface area contributed by atoms with Gasteiger partial charge in [-0.3, -0.25) is 4.79 Å². The van der Waals surface area contributed by atoms with E-state index in [1.54, 1.807) is 0 Å². The van der Waals surface area contributed by atoms with Crippen LogP contribution in [-0.2, 0) is 0 Å². The van der Waals surface area contributed by atoms with Crippen LogP contribution in [-0.4, -0.2) is 22.4 Å². The van der Waals surface area contributed by atoms with Crippen LogP contribution >= 0.6 is 0 Å². The molecule has 0 aliphatic carbocycles. The maximum atomic E-state index is 12.3. The highest BCUT2D eigenvalue weighted by Gasteiger charge is 2.16. The predicted molar refractivity (Wildman–Crippen MR) is 97.0 cm³/mol. The van der Waals surface area contributed by atoms with Crippen molar-refractivity contribution in [3.05, 3.63) is 66.4 Å². The molecule has 0 aliphatic rings. The third-order valence-corrected chi connectivity index (χ3v) is 4.11. The van der Waals surface area contributed by atoms with Gasteiger partial charge in [0.25, 0.3) is 5.91 Å². The molecule has 4 rings (SSSR count). The van der Waals surface area contributed by atoms with Crippen LogP contribution < -0.4 is 5.32 Å². The Labute approximate surface area is 139 Å². The molecule has 1 amide bonds. The SMILES string of the molecule is CCNC(=O)c1cc2c([nH]c3ccccc32)c(-c2ccccc2)n1. The number of H-pyrrole nitrogens is 1. The highest BCUT2D eigenvalue weighted by Crippen LogP contribution is 2.32. The minimum absolute atomic E-state index is 0.151. The van der Waals surface area contributed by atoms with E-state index >= 15 is 0 Å². The summed E-state index contributed by atoms with van der Waals surface area (Å²) in [6.45, 7) is 2.48. The smallest absolute Gasteiger partial charge is 0.269 e. The number of hydrogen-bond acceptors (Lipinski definition) is 2. The molecule has 0 aliphatic heterocycles. The lowest BCUT2D eigenvalue weighted by Crippen LogP contribution is -2.23. The lowest BCUT2D eigenvalue weighted by atomic mass is 10.1. The second-order valence-corrected chi connectivity index (χ2v) is 5.67. The van der Waals surface area contributed by atoms with Gasteiger partial charge in [-0.25, -0.2) is 4.98 Å². The Kier molecular flexibility index (Phi) is 3.50. The molecule has 4 aromatic rings. The van der Waals surface area contributed by atoms with E-state index in [9.17, 15) is 4.79 Å². The van der Waals surface area contributed by atoms with E-state index in [0.29, 0.717) is 12.2 Å². The van der Waals surface area contributed by atoms with Crippen LogP contribution in [0, 0.1) is 0 Å². The molecule has 4 nitrogen and oxygen atoms in total. The van der Waals surface area contributed by atoms with Crippen LogP contribution in [0.3, 0.4) is 0 Å². The summed E-state index contributed by atoms with van der Waals surface area (Å²) < 4.78 is 0. The number of aromatic nitrogens is 2. The lowest BCUT2D eigenvalue weighted by Gasteiger charge is -2.07. The average molecular weight is 315 g/mol. The first-order valence-corrected chi connectivity index (χ1v) is 8.03. The van der Waals surface area contributed by atoms with Gasteiger partial charge in [-0.1, -0.05) is 48.5 Å². The van der Waals surface area contributed by atoms with Crippen molar-refractivity contribution in [1.82, 2.24) is 15.3 Å². The number of carbonyl (C=O) groups is 1. The van der Waals surface area contributed by atoms with Crippen LogP contribution in [0.25, 0.3) is 33.1 Å². The summed E-state index contributed by atoms with van der Waals surface area (Å²) in [5.41, 5.74) is 4.22. The van der Waals surface area contributed by atoms with Crippen molar-refractivity contribution in [3.63, 3.8) is 0 Å². The van der Waals surface area contributed by atoms with Crippen molar-refractivity contribution in [2.24, 2.45) is 0 Å². The Morgan fingerprint density at radius 3 is 2.58 bits per heavy atom. The summed E-state index contributed by atoms with van der Waals surface area (Å²) in [4.78, 5) is 20.4. The zero-order valence-corrected chi connectivity index (χ0v) is 13.3. The van der Waals surface area contributed by atoms with Gasteiger partial charge in [0.1, 0.15) is 5.69 Å². The fourth-order valence-corrected chi connectivity index (χ4v) is 3.02. The zero-order chi connectivity index (χ0) is 16.5. The Morgan fingerprint density at radius 2 is 1.79 bits per heavy atom. The van der Waals surface area contributed by atoms with Gasteiger partial charge in [-0.05, 0) is 19.1 Å². The van der Waals surface area contributed by atoms with Crippen molar-refractivity contribution >= 4 is 27.7 Å². The number of hydrogen-bond donors (Lipinski definition) is 2. The van der Waals surface area contributed by atoms with Crippen molar-refractivity contribution in [2.75, 3.05) is 6.54 Å². The number of para-hydroxylation sites is 1. The predicted octanol–water partition coefficient (Wildman–Crippen LogP) is 4.13. The number of aromatic amines is 1. The second-order valence-electron chi connectivity index (χ2n) is 5.67. The maximum Gasteiger partial charge on any atom is 0.269 e. The molecule has 4 heteroatoms. The molecule has 2 aromatic carbocycles. The number of amides is 1. The molecule has 0 atom stereocenters. The van der Waals surface area contributed by atoms with Gasteiger partial charge in [-0.15, -0.1) is 0 Å². The first kappa shape index (κ1) is 14.5. The largest absolute Gasteiger partial charge is 0.353 e. The molecule has 24 heavy (non-hydrogen) atoms. The Balaban J connectivity index is 2.06. The quantitative estimate of drug-likeness (QED) is 0.597. The Hall–Kier alpha value is -3.14.